The van der Waals surface area contributed by atoms with Crippen LogP contribution in [-0.4, -0.2) is 30.9 Å². The van der Waals surface area contributed by atoms with Gasteiger partial charge >= 0.3 is 0 Å². The van der Waals surface area contributed by atoms with Gasteiger partial charge in [-0.2, -0.15) is 0 Å². The number of nitrogens with one attached hydrogen (secondary N) is 1. The van der Waals surface area contributed by atoms with Crippen LogP contribution in [0.15, 0.2) is 28.7 Å². The summed E-state index contributed by atoms with van der Waals surface area (Å²) in [5.74, 6) is 0.109. The molecule has 0 unspecified atom stereocenters. The SMILES string of the molecule is CCNCC(=O)N(C)Cc1ccccc1Br. The Morgan fingerprint density at radius 1 is 1.44 bits per heavy atom. The summed E-state index contributed by atoms with van der Waals surface area (Å²) >= 11 is 3.47. The maximum absolute atomic E-state index is 11.7. The Morgan fingerprint density at radius 2 is 2.12 bits per heavy atom. The summed E-state index contributed by atoms with van der Waals surface area (Å²) in [5, 5.41) is 3.03. The van der Waals surface area contributed by atoms with Gasteiger partial charge < -0.3 is 10.2 Å². The summed E-state index contributed by atoms with van der Waals surface area (Å²) in [6, 6.07) is 7.94. The van der Waals surface area contributed by atoms with Crippen LogP contribution in [0.25, 0.3) is 0 Å². The Kier molecular flexibility index (Phi) is 5.49. The lowest BCUT2D eigenvalue weighted by Crippen LogP contribution is -2.35. The summed E-state index contributed by atoms with van der Waals surface area (Å²) in [6.07, 6.45) is 0. The summed E-state index contributed by atoms with van der Waals surface area (Å²) in [4.78, 5) is 13.4. The van der Waals surface area contributed by atoms with Crippen molar-refractivity contribution >= 4 is 21.8 Å². The molecule has 0 saturated carbocycles. The normalized spacial score (nSPS) is 10.2. The van der Waals surface area contributed by atoms with Crippen LogP contribution in [0.2, 0.25) is 0 Å². The number of benzene rings is 1. The Bertz CT molecular complexity index is 355. The third-order valence-electron chi connectivity index (χ3n) is 2.32. The molecule has 0 fully saturated rings. The van der Waals surface area contributed by atoms with E-state index in [0.29, 0.717) is 13.1 Å². The molecular weight excluding hydrogens is 268 g/mol. The number of hydrogen-bond donors (Lipinski definition) is 1. The third-order valence-corrected chi connectivity index (χ3v) is 3.09. The zero-order valence-electron chi connectivity index (χ0n) is 9.66. The van der Waals surface area contributed by atoms with Crippen molar-refractivity contribution in [3.8, 4) is 0 Å². The Morgan fingerprint density at radius 3 is 2.75 bits per heavy atom. The molecule has 1 aromatic rings. The van der Waals surface area contributed by atoms with Gasteiger partial charge in [0.05, 0.1) is 6.54 Å². The van der Waals surface area contributed by atoms with Gasteiger partial charge in [-0.25, -0.2) is 0 Å². The minimum absolute atomic E-state index is 0.109. The minimum Gasteiger partial charge on any atom is -0.340 e. The first kappa shape index (κ1) is 13.2. The molecule has 0 heterocycles. The first-order valence-electron chi connectivity index (χ1n) is 5.33. The summed E-state index contributed by atoms with van der Waals surface area (Å²) in [5.41, 5.74) is 1.12. The van der Waals surface area contributed by atoms with Crippen molar-refractivity contribution in [2.24, 2.45) is 0 Å². The molecule has 0 radical (unpaired) electrons. The van der Waals surface area contributed by atoms with Crippen molar-refractivity contribution in [1.82, 2.24) is 10.2 Å². The second kappa shape index (κ2) is 6.66. The van der Waals surface area contributed by atoms with E-state index in [1.165, 1.54) is 0 Å². The number of amides is 1. The van der Waals surface area contributed by atoms with Crippen LogP contribution < -0.4 is 5.32 Å². The molecule has 0 aromatic heterocycles. The topological polar surface area (TPSA) is 32.3 Å². The molecule has 1 rings (SSSR count). The van der Waals surface area contributed by atoms with E-state index in [1.807, 2.05) is 38.2 Å². The van der Waals surface area contributed by atoms with Gasteiger partial charge in [0.1, 0.15) is 0 Å². The minimum atomic E-state index is 0.109. The fraction of sp³-hybridized carbons (Fsp3) is 0.417. The first-order valence-corrected chi connectivity index (χ1v) is 6.12. The van der Waals surface area contributed by atoms with Crippen molar-refractivity contribution in [3.63, 3.8) is 0 Å². The van der Waals surface area contributed by atoms with Gasteiger partial charge in [0.2, 0.25) is 5.91 Å². The van der Waals surface area contributed by atoms with Crippen molar-refractivity contribution in [2.45, 2.75) is 13.5 Å². The van der Waals surface area contributed by atoms with Crippen molar-refractivity contribution in [3.05, 3.63) is 34.3 Å². The highest BCUT2D eigenvalue weighted by Crippen LogP contribution is 2.17. The quantitative estimate of drug-likeness (QED) is 0.897. The molecular formula is C12H17BrN2O. The van der Waals surface area contributed by atoms with Gasteiger partial charge in [0.25, 0.3) is 0 Å². The van der Waals surface area contributed by atoms with Crippen LogP contribution in [0.5, 0.6) is 0 Å². The van der Waals surface area contributed by atoms with E-state index in [2.05, 4.69) is 21.2 Å². The van der Waals surface area contributed by atoms with Gasteiger partial charge in [-0.3, -0.25) is 4.79 Å². The molecule has 0 aliphatic rings. The Labute approximate surface area is 105 Å². The summed E-state index contributed by atoms with van der Waals surface area (Å²) in [6.45, 7) is 3.83. The van der Waals surface area contributed by atoms with Gasteiger partial charge in [-0.1, -0.05) is 41.1 Å². The molecule has 88 valence electrons. The van der Waals surface area contributed by atoms with Crippen molar-refractivity contribution < 1.29 is 4.79 Å². The lowest BCUT2D eigenvalue weighted by Gasteiger charge is -2.18. The average Bonchev–Trinajstić information content (AvgIpc) is 2.28. The molecule has 0 bridgehead atoms. The number of carbonyl (C=O) groups excluding carboxylic acids is 1. The second-order valence-corrected chi connectivity index (χ2v) is 4.48. The Hall–Kier alpha value is -0.870. The van der Waals surface area contributed by atoms with E-state index in [0.717, 1.165) is 16.6 Å². The zero-order valence-corrected chi connectivity index (χ0v) is 11.3. The number of hydrogen-bond acceptors (Lipinski definition) is 2. The molecule has 1 amide bonds. The van der Waals surface area contributed by atoms with Crippen LogP contribution in [0, 0.1) is 0 Å². The maximum atomic E-state index is 11.7. The standard InChI is InChI=1S/C12H17BrN2O/c1-3-14-8-12(16)15(2)9-10-6-4-5-7-11(10)13/h4-7,14H,3,8-9H2,1-2H3. The highest BCUT2D eigenvalue weighted by Gasteiger charge is 2.09. The van der Waals surface area contributed by atoms with E-state index in [4.69, 9.17) is 0 Å². The van der Waals surface area contributed by atoms with Gasteiger partial charge in [0.15, 0.2) is 0 Å². The van der Waals surface area contributed by atoms with E-state index in [9.17, 15) is 4.79 Å². The van der Waals surface area contributed by atoms with E-state index in [1.54, 1.807) is 4.90 Å². The average molecular weight is 285 g/mol. The molecule has 1 N–H and O–H groups in total. The predicted octanol–water partition coefficient (Wildman–Crippen LogP) is 2.02. The van der Waals surface area contributed by atoms with E-state index < -0.39 is 0 Å². The number of nitrogens with zero attached hydrogens (tertiary/aromatic N) is 1. The fourth-order valence-corrected chi connectivity index (χ4v) is 1.75. The molecule has 16 heavy (non-hydrogen) atoms. The number of likely N-dealkylation sites (N-methyl/N-ethyl adjacent to an activating group) is 2. The Balaban J connectivity index is 2.54. The molecule has 0 spiro atoms. The molecule has 3 nitrogen and oxygen atoms in total. The zero-order chi connectivity index (χ0) is 12.0. The van der Waals surface area contributed by atoms with Crippen LogP contribution in [0.4, 0.5) is 0 Å². The van der Waals surface area contributed by atoms with Crippen LogP contribution >= 0.6 is 15.9 Å². The number of carbonyl (C=O) groups is 1. The van der Waals surface area contributed by atoms with Gasteiger partial charge in [0, 0.05) is 18.1 Å². The summed E-state index contributed by atoms with van der Waals surface area (Å²) < 4.78 is 1.04. The van der Waals surface area contributed by atoms with Crippen LogP contribution in [0.1, 0.15) is 12.5 Å². The highest BCUT2D eigenvalue weighted by molar-refractivity contribution is 9.10. The molecule has 1 aromatic carbocycles. The molecule has 0 atom stereocenters. The van der Waals surface area contributed by atoms with Gasteiger partial charge in [-0.05, 0) is 18.2 Å². The molecule has 4 heteroatoms. The molecule has 0 saturated heterocycles. The lowest BCUT2D eigenvalue weighted by molar-refractivity contribution is -0.129. The number of halogens is 1. The molecule has 0 aliphatic heterocycles. The molecule has 0 aliphatic carbocycles. The number of rotatable bonds is 5. The second-order valence-electron chi connectivity index (χ2n) is 3.62. The first-order chi connectivity index (χ1) is 7.65. The lowest BCUT2D eigenvalue weighted by atomic mass is 10.2. The summed E-state index contributed by atoms with van der Waals surface area (Å²) in [7, 11) is 1.82. The monoisotopic (exact) mass is 284 g/mol. The van der Waals surface area contributed by atoms with Crippen molar-refractivity contribution in [1.29, 1.82) is 0 Å². The van der Waals surface area contributed by atoms with Crippen molar-refractivity contribution in [2.75, 3.05) is 20.1 Å². The van der Waals surface area contributed by atoms with E-state index >= 15 is 0 Å². The van der Waals surface area contributed by atoms with Crippen LogP contribution in [-0.2, 0) is 11.3 Å². The maximum Gasteiger partial charge on any atom is 0.236 e. The smallest absolute Gasteiger partial charge is 0.236 e. The third kappa shape index (κ3) is 3.94. The fourth-order valence-electron chi connectivity index (χ4n) is 1.34. The van der Waals surface area contributed by atoms with Gasteiger partial charge in [-0.15, -0.1) is 0 Å². The predicted molar refractivity (Wildman–Crippen MR) is 69.2 cm³/mol. The highest BCUT2D eigenvalue weighted by atomic mass is 79.9. The van der Waals surface area contributed by atoms with Crippen LogP contribution in [0.3, 0.4) is 0 Å². The van der Waals surface area contributed by atoms with E-state index in [-0.39, 0.29) is 5.91 Å². The largest absolute Gasteiger partial charge is 0.340 e.